The lowest BCUT2D eigenvalue weighted by molar-refractivity contribution is 0.283. The highest BCUT2D eigenvalue weighted by atomic mass is 127. The molecule has 12 heteroatoms. The van der Waals surface area contributed by atoms with Crippen LogP contribution in [-0.4, -0.2) is 39.0 Å². The lowest BCUT2D eigenvalue weighted by atomic mass is 10.0. The van der Waals surface area contributed by atoms with E-state index in [2.05, 4.69) is 4.72 Å². The predicted octanol–water partition coefficient (Wildman–Crippen LogP) is 5.54. The maximum atomic E-state index is 14.9. The molecule has 210 valence electrons. The monoisotopic (exact) mass is 691 g/mol. The van der Waals surface area contributed by atoms with Crippen molar-refractivity contribution in [2.45, 2.75) is 43.1 Å². The van der Waals surface area contributed by atoms with Crippen LogP contribution in [0.1, 0.15) is 42.9 Å². The number of sulfone groups is 1. The Balaban J connectivity index is 1.78. The minimum absolute atomic E-state index is 0.0365. The number of benzene rings is 3. The average Bonchev–Trinajstić information content (AvgIpc) is 3.65. The SMILES string of the molecule is CCS(=O)(=O)Cc1cccc(Oc2cc(F)cc(Cc3ccc(I)cc3F)c2NS(=O)(=O)C2(CCO)CC2)c1. The molecular formula is C27H28F2INO6S2. The molecular weight excluding hydrogens is 663 g/mol. The maximum absolute atomic E-state index is 14.9. The van der Waals surface area contributed by atoms with E-state index < -0.39 is 36.2 Å². The minimum atomic E-state index is -4.05. The van der Waals surface area contributed by atoms with Gasteiger partial charge in [0.15, 0.2) is 15.6 Å². The maximum Gasteiger partial charge on any atom is 0.238 e. The van der Waals surface area contributed by atoms with Gasteiger partial charge in [0.1, 0.15) is 17.4 Å². The van der Waals surface area contributed by atoms with Crippen molar-refractivity contribution in [2.75, 3.05) is 17.1 Å². The third-order valence-corrected chi connectivity index (χ3v) is 11.2. The first-order valence-corrected chi connectivity index (χ1v) is 16.6. The second-order valence-corrected chi connectivity index (χ2v) is 15.2. The van der Waals surface area contributed by atoms with E-state index in [9.17, 15) is 30.7 Å². The van der Waals surface area contributed by atoms with Gasteiger partial charge in [0.2, 0.25) is 10.0 Å². The molecule has 0 spiro atoms. The minimum Gasteiger partial charge on any atom is -0.455 e. The van der Waals surface area contributed by atoms with Crippen LogP contribution in [0, 0.1) is 15.2 Å². The van der Waals surface area contributed by atoms with Crippen LogP contribution in [0.3, 0.4) is 0 Å². The topological polar surface area (TPSA) is 110 Å². The van der Waals surface area contributed by atoms with E-state index in [4.69, 9.17) is 4.74 Å². The molecule has 4 rings (SSSR count). The summed E-state index contributed by atoms with van der Waals surface area (Å²) in [6.45, 7) is 1.23. The van der Waals surface area contributed by atoms with Crippen molar-refractivity contribution in [1.82, 2.24) is 0 Å². The normalized spacial score (nSPS) is 14.7. The fraction of sp³-hybridized carbons (Fsp3) is 0.333. The number of aliphatic hydroxyl groups is 1. The van der Waals surface area contributed by atoms with Crippen molar-refractivity contribution in [3.63, 3.8) is 0 Å². The van der Waals surface area contributed by atoms with Gasteiger partial charge in [0, 0.05) is 28.4 Å². The number of halogens is 3. The number of sulfonamides is 1. The van der Waals surface area contributed by atoms with E-state index in [0.29, 0.717) is 22.0 Å². The molecule has 0 radical (unpaired) electrons. The van der Waals surface area contributed by atoms with Crippen LogP contribution in [0.15, 0.2) is 54.6 Å². The van der Waals surface area contributed by atoms with Crippen LogP contribution in [0.25, 0.3) is 0 Å². The van der Waals surface area contributed by atoms with Crippen molar-refractivity contribution in [1.29, 1.82) is 0 Å². The number of hydrogen-bond acceptors (Lipinski definition) is 6. The molecule has 3 aromatic carbocycles. The molecule has 1 aliphatic rings. The number of aliphatic hydroxyl groups excluding tert-OH is 1. The van der Waals surface area contributed by atoms with Crippen LogP contribution < -0.4 is 9.46 Å². The second-order valence-electron chi connectivity index (χ2n) is 9.54. The van der Waals surface area contributed by atoms with Crippen LogP contribution >= 0.6 is 22.6 Å². The highest BCUT2D eigenvalue weighted by Gasteiger charge is 2.54. The Kier molecular flexibility index (Phi) is 8.89. The fourth-order valence-electron chi connectivity index (χ4n) is 4.26. The van der Waals surface area contributed by atoms with Gasteiger partial charge in [-0.25, -0.2) is 25.6 Å². The lowest BCUT2D eigenvalue weighted by Crippen LogP contribution is -2.31. The summed E-state index contributed by atoms with van der Waals surface area (Å²) in [5.41, 5.74) is 0.785. The van der Waals surface area contributed by atoms with Gasteiger partial charge >= 0.3 is 0 Å². The van der Waals surface area contributed by atoms with Crippen LogP contribution in [0.5, 0.6) is 11.5 Å². The molecule has 0 aliphatic heterocycles. The predicted molar refractivity (Wildman–Crippen MR) is 154 cm³/mol. The van der Waals surface area contributed by atoms with Gasteiger partial charge in [-0.1, -0.05) is 25.1 Å². The number of anilines is 1. The largest absolute Gasteiger partial charge is 0.455 e. The molecule has 3 aromatic rings. The van der Waals surface area contributed by atoms with Crippen molar-refractivity contribution < 1.29 is 35.5 Å². The lowest BCUT2D eigenvalue weighted by Gasteiger charge is -2.22. The van der Waals surface area contributed by atoms with Crippen molar-refractivity contribution in [3.8, 4) is 11.5 Å². The van der Waals surface area contributed by atoms with Gasteiger partial charge < -0.3 is 9.84 Å². The standard InChI is InChI=1S/C27H28F2INO6S2/c1-2-38(33,34)17-18-4-3-5-23(12-18)37-25-15-21(28)14-20(13-19-6-7-22(30)16-24(19)29)26(25)31-39(35,36)27(8-9-27)10-11-32/h3-7,12,14-16,31-32H,2,8-11,13,17H2,1H3. The Bertz CT molecular complexity index is 1590. The van der Waals surface area contributed by atoms with E-state index in [-0.39, 0.29) is 59.3 Å². The van der Waals surface area contributed by atoms with E-state index in [1.54, 1.807) is 31.2 Å². The Morgan fingerprint density at radius 1 is 1.03 bits per heavy atom. The summed E-state index contributed by atoms with van der Waals surface area (Å²) in [5.74, 6) is -1.49. The van der Waals surface area contributed by atoms with Gasteiger partial charge in [-0.2, -0.15) is 0 Å². The molecule has 2 N–H and O–H groups in total. The van der Waals surface area contributed by atoms with Crippen molar-refractivity contribution in [3.05, 3.63) is 86.5 Å². The Labute approximate surface area is 240 Å². The summed E-state index contributed by atoms with van der Waals surface area (Å²) in [7, 11) is -7.37. The van der Waals surface area contributed by atoms with Gasteiger partial charge in [0.05, 0.1) is 16.2 Å². The van der Waals surface area contributed by atoms with Crippen LogP contribution in [0.2, 0.25) is 0 Å². The molecule has 0 bridgehead atoms. The van der Waals surface area contributed by atoms with Gasteiger partial charge in [-0.05, 0) is 88.9 Å². The van der Waals surface area contributed by atoms with Crippen molar-refractivity contribution >= 4 is 48.1 Å². The van der Waals surface area contributed by atoms with E-state index in [1.165, 1.54) is 18.2 Å². The summed E-state index contributed by atoms with van der Waals surface area (Å²) in [6.07, 6.45) is 0.621. The summed E-state index contributed by atoms with van der Waals surface area (Å²) >= 11 is 1.97. The first-order chi connectivity index (χ1) is 18.4. The third kappa shape index (κ3) is 7.08. The average molecular weight is 692 g/mol. The van der Waals surface area contributed by atoms with Crippen molar-refractivity contribution in [2.24, 2.45) is 0 Å². The van der Waals surface area contributed by atoms with Gasteiger partial charge in [0.25, 0.3) is 0 Å². The Morgan fingerprint density at radius 2 is 1.77 bits per heavy atom. The first-order valence-electron chi connectivity index (χ1n) is 12.2. The van der Waals surface area contributed by atoms with Gasteiger partial charge in [-0.3, -0.25) is 4.72 Å². The number of ether oxygens (including phenoxy) is 1. The quantitative estimate of drug-likeness (QED) is 0.242. The molecule has 0 atom stereocenters. The van der Waals surface area contributed by atoms with E-state index in [1.807, 2.05) is 22.6 Å². The summed E-state index contributed by atoms with van der Waals surface area (Å²) in [6, 6.07) is 12.9. The molecule has 0 unspecified atom stereocenters. The summed E-state index contributed by atoms with van der Waals surface area (Å²) in [4.78, 5) is 0. The van der Waals surface area contributed by atoms with Crippen LogP contribution in [-0.2, 0) is 32.0 Å². The van der Waals surface area contributed by atoms with E-state index in [0.717, 1.165) is 12.1 Å². The molecule has 1 aliphatic carbocycles. The zero-order chi connectivity index (χ0) is 28.4. The van der Waals surface area contributed by atoms with Gasteiger partial charge in [-0.15, -0.1) is 0 Å². The number of nitrogens with one attached hydrogen (secondary N) is 1. The highest BCUT2D eigenvalue weighted by molar-refractivity contribution is 14.1. The Morgan fingerprint density at radius 3 is 2.41 bits per heavy atom. The zero-order valence-corrected chi connectivity index (χ0v) is 24.9. The summed E-state index contributed by atoms with van der Waals surface area (Å²) in [5, 5.41) is 9.43. The molecule has 1 saturated carbocycles. The fourth-order valence-corrected chi connectivity index (χ4v) is 7.32. The summed E-state index contributed by atoms with van der Waals surface area (Å²) < 4.78 is 88.6. The van der Waals surface area contributed by atoms with E-state index >= 15 is 0 Å². The Hall–Kier alpha value is -2.29. The molecule has 1 fully saturated rings. The molecule has 0 amide bonds. The molecule has 0 aromatic heterocycles. The zero-order valence-electron chi connectivity index (χ0n) is 21.1. The van der Waals surface area contributed by atoms with Crippen LogP contribution in [0.4, 0.5) is 14.5 Å². The molecule has 39 heavy (non-hydrogen) atoms. The third-order valence-electron chi connectivity index (χ3n) is 6.68. The molecule has 0 saturated heterocycles. The molecule has 7 nitrogen and oxygen atoms in total. The molecule has 0 heterocycles. The number of rotatable bonds is 12. The second kappa shape index (κ2) is 11.7. The smallest absolute Gasteiger partial charge is 0.238 e. The highest BCUT2D eigenvalue weighted by Crippen LogP contribution is 2.48. The number of hydrogen-bond donors (Lipinski definition) is 2. The first kappa shape index (κ1) is 29.7.